The second-order valence-electron chi connectivity index (χ2n) is 3.61. The number of thiol groups is 1. The first-order valence-corrected chi connectivity index (χ1v) is 5.56. The molecule has 15 heavy (non-hydrogen) atoms. The van der Waals surface area contributed by atoms with Crippen LogP contribution in [0.25, 0.3) is 11.5 Å². The molecule has 0 spiro atoms. The molecule has 4 heteroatoms. The van der Waals surface area contributed by atoms with Crippen molar-refractivity contribution < 1.29 is 4.52 Å². The second kappa shape index (κ2) is 3.38. The summed E-state index contributed by atoms with van der Waals surface area (Å²) in [6, 6.07) is 4.05. The number of hydrogen-bond acceptors (Lipinski definition) is 4. The van der Waals surface area contributed by atoms with Gasteiger partial charge in [-0.25, -0.2) is 0 Å². The van der Waals surface area contributed by atoms with Gasteiger partial charge in [-0.1, -0.05) is 11.2 Å². The average molecular weight is 218 g/mol. The van der Waals surface area contributed by atoms with Crippen LogP contribution < -0.4 is 0 Å². The summed E-state index contributed by atoms with van der Waals surface area (Å²) in [6.07, 6.45) is 3.78. The van der Waals surface area contributed by atoms with Crippen LogP contribution in [0.15, 0.2) is 22.9 Å². The Hall–Kier alpha value is -1.29. The van der Waals surface area contributed by atoms with E-state index >= 15 is 0 Å². The van der Waals surface area contributed by atoms with Crippen molar-refractivity contribution in [3.05, 3.63) is 35.2 Å². The number of rotatable bonds is 1. The van der Waals surface area contributed by atoms with Gasteiger partial charge in [0.2, 0.25) is 0 Å². The number of aryl methyl sites for hydroxylation is 1. The molecule has 0 aromatic carbocycles. The molecule has 0 aliphatic heterocycles. The molecular weight excluding hydrogens is 208 g/mol. The zero-order valence-corrected chi connectivity index (χ0v) is 9.00. The van der Waals surface area contributed by atoms with E-state index in [1.807, 2.05) is 6.07 Å². The molecule has 0 saturated heterocycles. The normalized spacial score (nSPS) is 13.4. The standard InChI is InChI=1S/C11H10N2OS/c15-6-9-8-4-3-7-2-1-5-12-10(7)11(8)14-13-9/h1-2,5,15H,3-4,6H2. The lowest BCUT2D eigenvalue weighted by molar-refractivity contribution is 0.424. The summed E-state index contributed by atoms with van der Waals surface area (Å²) < 4.78 is 5.34. The van der Waals surface area contributed by atoms with Gasteiger partial charge in [0.15, 0.2) is 5.76 Å². The van der Waals surface area contributed by atoms with E-state index < -0.39 is 0 Å². The average Bonchev–Trinajstić information content (AvgIpc) is 2.72. The maximum absolute atomic E-state index is 5.34. The molecule has 0 amide bonds. The molecule has 0 atom stereocenters. The van der Waals surface area contributed by atoms with Gasteiger partial charge >= 0.3 is 0 Å². The Bertz CT molecular complexity index is 507. The molecule has 76 valence electrons. The van der Waals surface area contributed by atoms with Crippen molar-refractivity contribution in [2.75, 3.05) is 0 Å². The zero-order valence-electron chi connectivity index (χ0n) is 8.10. The Morgan fingerprint density at radius 2 is 2.33 bits per heavy atom. The number of aromatic nitrogens is 2. The minimum Gasteiger partial charge on any atom is -0.354 e. The van der Waals surface area contributed by atoms with Crippen LogP contribution in [-0.2, 0) is 18.6 Å². The van der Waals surface area contributed by atoms with E-state index in [1.54, 1.807) is 6.20 Å². The molecule has 0 unspecified atom stereocenters. The van der Waals surface area contributed by atoms with E-state index in [1.165, 1.54) is 11.1 Å². The van der Waals surface area contributed by atoms with E-state index in [0.29, 0.717) is 5.75 Å². The summed E-state index contributed by atoms with van der Waals surface area (Å²) in [7, 11) is 0. The molecule has 0 radical (unpaired) electrons. The summed E-state index contributed by atoms with van der Waals surface area (Å²) in [5.41, 5.74) is 4.31. The topological polar surface area (TPSA) is 38.9 Å². The van der Waals surface area contributed by atoms with Crippen molar-refractivity contribution in [3.63, 3.8) is 0 Å². The van der Waals surface area contributed by atoms with E-state index in [9.17, 15) is 0 Å². The Kier molecular flexibility index (Phi) is 2.02. The van der Waals surface area contributed by atoms with E-state index in [2.05, 4.69) is 28.8 Å². The van der Waals surface area contributed by atoms with Crippen LogP contribution in [0.5, 0.6) is 0 Å². The molecule has 0 fully saturated rings. The highest BCUT2D eigenvalue weighted by Crippen LogP contribution is 2.33. The molecule has 3 rings (SSSR count). The first kappa shape index (κ1) is 8.97. The molecule has 2 aromatic rings. The molecule has 2 heterocycles. The minimum absolute atomic E-state index is 0.626. The lowest BCUT2D eigenvalue weighted by Crippen LogP contribution is -2.04. The lowest BCUT2D eigenvalue weighted by Gasteiger charge is -2.12. The molecule has 0 saturated carbocycles. The van der Waals surface area contributed by atoms with Gasteiger partial charge in [0.25, 0.3) is 0 Å². The summed E-state index contributed by atoms with van der Waals surface area (Å²) in [6.45, 7) is 0. The highest BCUT2D eigenvalue weighted by molar-refractivity contribution is 7.79. The van der Waals surface area contributed by atoms with Crippen LogP contribution in [0.4, 0.5) is 0 Å². The quantitative estimate of drug-likeness (QED) is 0.746. The monoisotopic (exact) mass is 218 g/mol. The van der Waals surface area contributed by atoms with Gasteiger partial charge in [-0.05, 0) is 24.5 Å². The Labute approximate surface area is 92.9 Å². The third-order valence-corrected chi connectivity index (χ3v) is 3.07. The maximum Gasteiger partial charge on any atom is 0.188 e. The highest BCUT2D eigenvalue weighted by atomic mass is 32.1. The SMILES string of the molecule is SCc1noc2c1CCc1cccnc1-2. The maximum atomic E-state index is 5.34. The Balaban J connectivity index is 2.22. The number of pyridine rings is 1. The Morgan fingerprint density at radius 3 is 3.20 bits per heavy atom. The fourth-order valence-corrected chi connectivity index (χ4v) is 2.26. The predicted molar refractivity (Wildman–Crippen MR) is 59.8 cm³/mol. The minimum atomic E-state index is 0.626. The van der Waals surface area contributed by atoms with Crippen LogP contribution in [0.1, 0.15) is 16.8 Å². The fraction of sp³-hybridized carbons (Fsp3) is 0.273. The zero-order chi connectivity index (χ0) is 10.3. The number of hydrogen-bond donors (Lipinski definition) is 1. The Morgan fingerprint density at radius 1 is 1.40 bits per heavy atom. The summed E-state index contributed by atoms with van der Waals surface area (Å²) >= 11 is 4.24. The highest BCUT2D eigenvalue weighted by Gasteiger charge is 2.24. The number of nitrogens with zero attached hydrogens (tertiary/aromatic N) is 2. The van der Waals surface area contributed by atoms with Gasteiger partial charge in [0.05, 0.1) is 5.69 Å². The summed E-state index contributed by atoms with van der Waals surface area (Å²) in [5.74, 6) is 1.46. The predicted octanol–water partition coefficient (Wildman–Crippen LogP) is 2.26. The van der Waals surface area contributed by atoms with Crippen LogP contribution >= 0.6 is 12.6 Å². The van der Waals surface area contributed by atoms with Gasteiger partial charge in [-0.3, -0.25) is 4.98 Å². The van der Waals surface area contributed by atoms with Crippen molar-refractivity contribution in [2.24, 2.45) is 0 Å². The second-order valence-corrected chi connectivity index (χ2v) is 3.92. The first-order valence-electron chi connectivity index (χ1n) is 4.92. The molecule has 1 aliphatic carbocycles. The van der Waals surface area contributed by atoms with Crippen molar-refractivity contribution in [3.8, 4) is 11.5 Å². The third-order valence-electron chi connectivity index (χ3n) is 2.77. The molecule has 0 bridgehead atoms. The van der Waals surface area contributed by atoms with Crippen LogP contribution in [0.2, 0.25) is 0 Å². The first-order chi connectivity index (χ1) is 7.40. The van der Waals surface area contributed by atoms with E-state index in [-0.39, 0.29) is 0 Å². The van der Waals surface area contributed by atoms with Crippen LogP contribution in [-0.4, -0.2) is 10.1 Å². The van der Waals surface area contributed by atoms with Crippen molar-refractivity contribution in [1.29, 1.82) is 0 Å². The van der Waals surface area contributed by atoms with Crippen LogP contribution in [0, 0.1) is 0 Å². The molecular formula is C11H10N2OS. The molecule has 1 aliphatic rings. The van der Waals surface area contributed by atoms with E-state index in [4.69, 9.17) is 4.52 Å². The molecule has 3 nitrogen and oxygen atoms in total. The summed E-state index contributed by atoms with van der Waals surface area (Å²) in [4.78, 5) is 4.35. The molecule has 2 aromatic heterocycles. The van der Waals surface area contributed by atoms with Gasteiger partial charge in [0, 0.05) is 17.5 Å². The van der Waals surface area contributed by atoms with Gasteiger partial charge in [-0.2, -0.15) is 12.6 Å². The van der Waals surface area contributed by atoms with Crippen LogP contribution in [0.3, 0.4) is 0 Å². The largest absolute Gasteiger partial charge is 0.354 e. The van der Waals surface area contributed by atoms with Crippen molar-refractivity contribution >= 4 is 12.6 Å². The smallest absolute Gasteiger partial charge is 0.188 e. The fourth-order valence-electron chi connectivity index (χ4n) is 2.01. The van der Waals surface area contributed by atoms with E-state index in [0.717, 1.165) is 30.0 Å². The lowest BCUT2D eigenvalue weighted by atomic mass is 9.93. The third kappa shape index (κ3) is 1.28. The number of fused-ring (bicyclic) bond motifs is 3. The van der Waals surface area contributed by atoms with Gasteiger partial charge in [-0.15, -0.1) is 0 Å². The van der Waals surface area contributed by atoms with Crippen molar-refractivity contribution in [2.45, 2.75) is 18.6 Å². The van der Waals surface area contributed by atoms with Gasteiger partial charge in [0.1, 0.15) is 5.69 Å². The van der Waals surface area contributed by atoms with Gasteiger partial charge < -0.3 is 4.52 Å². The molecule has 0 N–H and O–H groups in total. The van der Waals surface area contributed by atoms with Crippen molar-refractivity contribution in [1.82, 2.24) is 10.1 Å². The summed E-state index contributed by atoms with van der Waals surface area (Å²) in [5, 5.41) is 4.02.